The summed E-state index contributed by atoms with van der Waals surface area (Å²) in [4.78, 5) is 17.0. The lowest BCUT2D eigenvalue weighted by molar-refractivity contribution is -0.115. The number of halogens is 2. The van der Waals surface area contributed by atoms with Gasteiger partial charge in [0.05, 0.1) is 16.3 Å². The molecule has 1 N–H and O–H groups in total. The zero-order valence-electron chi connectivity index (χ0n) is 15.4. The van der Waals surface area contributed by atoms with E-state index >= 15 is 0 Å². The molecule has 2 aromatic rings. The van der Waals surface area contributed by atoms with E-state index < -0.39 is 0 Å². The summed E-state index contributed by atoms with van der Waals surface area (Å²) in [6, 6.07) is 9.20. The van der Waals surface area contributed by atoms with Gasteiger partial charge in [-0.1, -0.05) is 36.0 Å². The maximum absolute atomic E-state index is 12.2. The molecule has 0 aliphatic heterocycles. The number of rotatable bonds is 5. The predicted molar refractivity (Wildman–Crippen MR) is 115 cm³/mol. The molecule has 0 bridgehead atoms. The monoisotopic (exact) mass is 433 g/mol. The average molecular weight is 434 g/mol. The van der Waals surface area contributed by atoms with Gasteiger partial charge in [-0.25, -0.2) is 4.98 Å². The molecule has 1 amide bonds. The van der Waals surface area contributed by atoms with Crippen LogP contribution in [-0.4, -0.2) is 16.6 Å². The molecule has 146 valence electrons. The molecule has 7 heteroatoms. The Hall–Kier alpha value is -1.74. The molecule has 3 rings (SSSR count). The number of thioether (sulfide) groups is 1. The molecule has 0 atom stereocenters. The molecule has 1 aliphatic rings. The van der Waals surface area contributed by atoms with Gasteiger partial charge in [-0.2, -0.15) is 5.26 Å². The molecule has 1 heterocycles. The first-order chi connectivity index (χ1) is 13.6. The van der Waals surface area contributed by atoms with Gasteiger partial charge < -0.3 is 5.32 Å². The Labute approximate surface area is 179 Å². The Morgan fingerprint density at radius 2 is 1.96 bits per heavy atom. The predicted octanol–water partition coefficient (Wildman–Crippen LogP) is 6.04. The third kappa shape index (κ3) is 5.64. The van der Waals surface area contributed by atoms with Gasteiger partial charge in [-0.15, -0.1) is 11.8 Å². The number of nitrogens with zero attached hydrogens (tertiary/aromatic N) is 2. The minimum Gasteiger partial charge on any atom is -0.325 e. The number of nitriles is 1. The van der Waals surface area contributed by atoms with E-state index in [4.69, 9.17) is 28.2 Å². The number of carbonyl (C=O) groups excluding carboxylic acids is 1. The van der Waals surface area contributed by atoms with Gasteiger partial charge in [0, 0.05) is 22.9 Å². The van der Waals surface area contributed by atoms with Gasteiger partial charge >= 0.3 is 0 Å². The highest BCUT2D eigenvalue weighted by Gasteiger charge is 2.15. The summed E-state index contributed by atoms with van der Waals surface area (Å²) >= 11 is 13.4. The summed E-state index contributed by atoms with van der Waals surface area (Å²) in [5.74, 6) is 0.402. The number of hydrogen-bond acceptors (Lipinski definition) is 4. The lowest BCUT2D eigenvalue weighted by Gasteiger charge is -2.15. The number of anilines is 1. The number of nitrogens with one attached hydrogen (secondary N) is 1. The second-order valence-electron chi connectivity index (χ2n) is 6.74. The molecule has 1 aromatic carbocycles. The second kappa shape index (κ2) is 10.2. The highest BCUT2D eigenvalue weighted by molar-refractivity contribution is 7.99. The van der Waals surface area contributed by atoms with Crippen molar-refractivity contribution in [2.45, 2.75) is 50.0 Å². The molecule has 1 aromatic heterocycles. The van der Waals surface area contributed by atoms with Gasteiger partial charge in [-0.3, -0.25) is 4.79 Å². The van der Waals surface area contributed by atoms with Gasteiger partial charge in [-0.05, 0) is 55.5 Å². The van der Waals surface area contributed by atoms with Crippen molar-refractivity contribution in [2.24, 2.45) is 0 Å². The first-order valence-electron chi connectivity index (χ1n) is 9.37. The topological polar surface area (TPSA) is 65.8 Å². The number of pyridine rings is 1. The molecular formula is C21H21Cl2N3OS. The van der Waals surface area contributed by atoms with E-state index in [0.717, 1.165) is 36.4 Å². The summed E-state index contributed by atoms with van der Waals surface area (Å²) in [6.45, 7) is 0. The quantitative estimate of drug-likeness (QED) is 0.583. The number of benzene rings is 1. The lowest BCUT2D eigenvalue weighted by atomic mass is 9.96. The normalized spacial score (nSPS) is 13.8. The van der Waals surface area contributed by atoms with Gasteiger partial charge in [0.1, 0.15) is 11.1 Å². The maximum atomic E-state index is 12.2. The third-order valence-electron chi connectivity index (χ3n) is 4.66. The fourth-order valence-corrected chi connectivity index (χ4v) is 4.57. The third-order valence-corrected chi connectivity index (χ3v) is 6.20. The van der Waals surface area contributed by atoms with E-state index in [1.165, 1.54) is 30.2 Å². The van der Waals surface area contributed by atoms with Crippen LogP contribution in [0.2, 0.25) is 10.0 Å². The van der Waals surface area contributed by atoms with E-state index in [1.807, 2.05) is 6.07 Å². The Balaban J connectivity index is 1.61. The second-order valence-corrected chi connectivity index (χ2v) is 8.67. The molecule has 28 heavy (non-hydrogen) atoms. The number of aryl methyl sites for hydroxylation is 2. The Morgan fingerprint density at radius 3 is 2.71 bits per heavy atom. The fraction of sp³-hybridized carbons (Fsp3) is 0.381. The molecule has 0 fully saturated rings. The van der Waals surface area contributed by atoms with Gasteiger partial charge in [0.2, 0.25) is 5.91 Å². The van der Waals surface area contributed by atoms with Crippen LogP contribution in [-0.2, 0) is 17.6 Å². The maximum Gasteiger partial charge on any atom is 0.225 e. The van der Waals surface area contributed by atoms with Crippen molar-refractivity contribution in [1.82, 2.24) is 4.98 Å². The van der Waals surface area contributed by atoms with Crippen molar-refractivity contribution in [3.63, 3.8) is 0 Å². The average Bonchev–Trinajstić information content (AvgIpc) is 2.65. The minimum absolute atomic E-state index is 0.138. The zero-order chi connectivity index (χ0) is 19.9. The van der Waals surface area contributed by atoms with Gasteiger partial charge in [0.25, 0.3) is 0 Å². The van der Waals surface area contributed by atoms with Crippen LogP contribution < -0.4 is 5.32 Å². The first-order valence-corrected chi connectivity index (χ1v) is 11.1. The SMILES string of the molecule is N#Cc1cc2c(nc1SCCC(=O)Nc1ccc(Cl)cc1Cl)CCCCCC2. The van der Waals surface area contributed by atoms with Crippen LogP contribution in [0, 0.1) is 11.3 Å². The largest absolute Gasteiger partial charge is 0.325 e. The fourth-order valence-electron chi connectivity index (χ4n) is 3.20. The molecule has 0 spiro atoms. The van der Waals surface area contributed by atoms with Crippen LogP contribution >= 0.6 is 35.0 Å². The molecule has 0 saturated heterocycles. The van der Waals surface area contributed by atoms with E-state index in [2.05, 4.69) is 11.4 Å². The van der Waals surface area contributed by atoms with Crippen molar-refractivity contribution in [3.05, 3.63) is 51.1 Å². The molecule has 1 aliphatic carbocycles. The van der Waals surface area contributed by atoms with Crippen LogP contribution in [0.25, 0.3) is 0 Å². The highest BCUT2D eigenvalue weighted by Crippen LogP contribution is 2.28. The van der Waals surface area contributed by atoms with Crippen LogP contribution in [0.1, 0.15) is 48.9 Å². The van der Waals surface area contributed by atoms with Crippen LogP contribution in [0.3, 0.4) is 0 Å². The lowest BCUT2D eigenvalue weighted by Crippen LogP contribution is -2.12. The first kappa shape index (κ1) is 21.0. The molecular weight excluding hydrogens is 413 g/mol. The van der Waals surface area contributed by atoms with E-state index in [1.54, 1.807) is 18.2 Å². The zero-order valence-corrected chi connectivity index (χ0v) is 17.8. The molecule has 4 nitrogen and oxygen atoms in total. The smallest absolute Gasteiger partial charge is 0.225 e. The van der Waals surface area contributed by atoms with E-state index in [-0.39, 0.29) is 5.91 Å². The number of amides is 1. The highest BCUT2D eigenvalue weighted by atomic mass is 35.5. The Kier molecular flexibility index (Phi) is 7.61. The Morgan fingerprint density at radius 1 is 1.18 bits per heavy atom. The van der Waals surface area contributed by atoms with Crippen molar-refractivity contribution >= 4 is 46.6 Å². The van der Waals surface area contributed by atoms with Crippen molar-refractivity contribution < 1.29 is 4.79 Å². The number of fused-ring (bicyclic) bond motifs is 1. The van der Waals surface area contributed by atoms with Crippen LogP contribution in [0.5, 0.6) is 0 Å². The Bertz CT molecular complexity index is 911. The van der Waals surface area contributed by atoms with Crippen LogP contribution in [0.4, 0.5) is 5.69 Å². The summed E-state index contributed by atoms with van der Waals surface area (Å²) in [5, 5.41) is 13.9. The summed E-state index contributed by atoms with van der Waals surface area (Å²) < 4.78 is 0. The summed E-state index contributed by atoms with van der Waals surface area (Å²) in [7, 11) is 0. The minimum atomic E-state index is -0.138. The standard InChI is InChI=1S/C21H21Cl2N3OS/c22-16-7-8-19(17(23)12-16)25-20(27)9-10-28-21-15(13-24)11-14-5-3-1-2-4-6-18(14)26-21/h7-8,11-12H,1-6,9-10H2,(H,25,27). The van der Waals surface area contributed by atoms with Crippen molar-refractivity contribution in [2.75, 3.05) is 11.1 Å². The van der Waals surface area contributed by atoms with Crippen molar-refractivity contribution in [1.29, 1.82) is 5.26 Å². The summed E-state index contributed by atoms with van der Waals surface area (Å²) in [5.41, 5.74) is 3.46. The molecule has 0 unspecified atom stereocenters. The number of hydrogen-bond donors (Lipinski definition) is 1. The van der Waals surface area contributed by atoms with Crippen molar-refractivity contribution in [3.8, 4) is 6.07 Å². The molecule has 0 saturated carbocycles. The number of aromatic nitrogens is 1. The molecule has 0 radical (unpaired) electrons. The van der Waals surface area contributed by atoms with E-state index in [9.17, 15) is 10.1 Å². The summed E-state index contributed by atoms with van der Waals surface area (Å²) in [6.07, 6.45) is 7.02. The van der Waals surface area contributed by atoms with E-state index in [0.29, 0.717) is 33.5 Å². The van der Waals surface area contributed by atoms with Gasteiger partial charge in [0.15, 0.2) is 0 Å². The number of carbonyl (C=O) groups is 1. The van der Waals surface area contributed by atoms with Crippen LogP contribution in [0.15, 0.2) is 29.3 Å².